The summed E-state index contributed by atoms with van der Waals surface area (Å²) in [6, 6.07) is 3.71. The van der Waals surface area contributed by atoms with E-state index in [1.165, 1.54) is 18.2 Å². The van der Waals surface area contributed by atoms with Gasteiger partial charge in [-0.15, -0.1) is 11.6 Å². The van der Waals surface area contributed by atoms with E-state index in [0.29, 0.717) is 0 Å². The molecule has 0 bridgehead atoms. The topological polar surface area (TPSA) is 60.8 Å². The fourth-order valence-electron chi connectivity index (χ4n) is 1.45. The van der Waals surface area contributed by atoms with E-state index in [1.807, 2.05) is 0 Å². The minimum atomic E-state index is -2.72. The van der Waals surface area contributed by atoms with E-state index in [0.717, 1.165) is 4.90 Å². The lowest BCUT2D eigenvalue weighted by atomic mass is 10.1. The first-order chi connectivity index (χ1) is 8.47. The number of hydrogen-bond donors (Lipinski definition) is 2. The average molecular weight is 280 g/mol. The zero-order chi connectivity index (χ0) is 13.7. The van der Waals surface area contributed by atoms with Crippen molar-refractivity contribution in [3.05, 3.63) is 23.8 Å². The van der Waals surface area contributed by atoms with Gasteiger partial charge in [0.25, 0.3) is 12.3 Å². The third kappa shape index (κ3) is 3.46. The molecule has 1 aromatic carbocycles. The van der Waals surface area contributed by atoms with Crippen LogP contribution in [0, 0.1) is 0 Å². The molecule has 0 atom stereocenters. The Bertz CT molecular complexity index is 408. The number of carbonyl (C=O) groups excluding carboxylic acids is 1. The molecule has 18 heavy (non-hydrogen) atoms. The summed E-state index contributed by atoms with van der Waals surface area (Å²) in [5.41, 5.74) is -0.400. The van der Waals surface area contributed by atoms with Crippen molar-refractivity contribution in [2.24, 2.45) is 0 Å². The molecule has 1 rings (SSSR count). The van der Waals surface area contributed by atoms with E-state index < -0.39 is 35.9 Å². The third-order valence-corrected chi connectivity index (χ3v) is 2.40. The molecule has 1 aromatic rings. The van der Waals surface area contributed by atoms with E-state index in [9.17, 15) is 23.8 Å². The van der Waals surface area contributed by atoms with Crippen LogP contribution >= 0.6 is 11.6 Å². The molecular formula is C11H12ClF2NO3. The van der Waals surface area contributed by atoms with Crippen molar-refractivity contribution < 1.29 is 23.8 Å². The van der Waals surface area contributed by atoms with Gasteiger partial charge in [0.05, 0.1) is 6.54 Å². The highest BCUT2D eigenvalue weighted by Crippen LogP contribution is 2.27. The van der Waals surface area contributed by atoms with Gasteiger partial charge in [0.1, 0.15) is 17.1 Å². The van der Waals surface area contributed by atoms with Crippen LogP contribution in [-0.2, 0) is 0 Å². The maximum absolute atomic E-state index is 12.3. The Kier molecular flexibility index (Phi) is 5.15. The molecule has 100 valence electrons. The quantitative estimate of drug-likeness (QED) is 0.811. The number of phenolic OH excluding ortho intramolecular Hbond substituents is 2. The average Bonchev–Trinajstić information content (AvgIpc) is 2.27. The van der Waals surface area contributed by atoms with E-state index in [4.69, 9.17) is 11.6 Å². The number of halogens is 3. The van der Waals surface area contributed by atoms with Crippen LogP contribution in [0.25, 0.3) is 0 Å². The first kappa shape index (κ1) is 14.5. The fraction of sp³-hybridized carbons (Fsp3) is 0.364. The molecular weight excluding hydrogens is 268 g/mol. The number of nitrogens with zero attached hydrogens (tertiary/aromatic N) is 1. The van der Waals surface area contributed by atoms with E-state index >= 15 is 0 Å². The van der Waals surface area contributed by atoms with Gasteiger partial charge in [0.15, 0.2) is 0 Å². The van der Waals surface area contributed by atoms with Crippen LogP contribution in [0.3, 0.4) is 0 Å². The Labute approximate surface area is 107 Å². The minimum absolute atomic E-state index is 0.0210. The standard InChI is InChI=1S/C11H12ClF2NO3/c12-4-5-15(6-9(13)14)11(18)10-7(16)2-1-3-8(10)17/h1-3,9,16-17H,4-6H2. The lowest BCUT2D eigenvalue weighted by molar-refractivity contribution is 0.0565. The molecule has 0 aromatic heterocycles. The maximum Gasteiger partial charge on any atom is 0.261 e. The van der Waals surface area contributed by atoms with Gasteiger partial charge in [-0.3, -0.25) is 4.79 Å². The number of hydrogen-bond acceptors (Lipinski definition) is 3. The largest absolute Gasteiger partial charge is 0.507 e. The molecule has 0 unspecified atom stereocenters. The van der Waals surface area contributed by atoms with Crippen LogP contribution in [0.5, 0.6) is 11.5 Å². The van der Waals surface area contributed by atoms with Gasteiger partial charge in [-0.2, -0.15) is 0 Å². The van der Waals surface area contributed by atoms with E-state index in [2.05, 4.69) is 0 Å². The van der Waals surface area contributed by atoms with Crippen molar-refractivity contribution in [2.75, 3.05) is 19.0 Å². The first-order valence-electron chi connectivity index (χ1n) is 5.11. The van der Waals surface area contributed by atoms with Crippen LogP contribution < -0.4 is 0 Å². The van der Waals surface area contributed by atoms with Gasteiger partial charge < -0.3 is 15.1 Å². The second-order valence-electron chi connectivity index (χ2n) is 3.50. The Balaban J connectivity index is 3.01. The Hall–Kier alpha value is -1.56. The summed E-state index contributed by atoms with van der Waals surface area (Å²) in [5.74, 6) is -1.83. The zero-order valence-corrected chi connectivity index (χ0v) is 10.1. The number of phenols is 2. The second-order valence-corrected chi connectivity index (χ2v) is 3.88. The van der Waals surface area contributed by atoms with Gasteiger partial charge in [-0.25, -0.2) is 8.78 Å². The lowest BCUT2D eigenvalue weighted by Gasteiger charge is -2.22. The molecule has 4 nitrogen and oxygen atoms in total. The van der Waals surface area contributed by atoms with Crippen LogP contribution in [0.15, 0.2) is 18.2 Å². The number of alkyl halides is 3. The highest BCUT2D eigenvalue weighted by Gasteiger charge is 2.24. The second kappa shape index (κ2) is 6.39. The van der Waals surface area contributed by atoms with Crippen LogP contribution in [0.1, 0.15) is 10.4 Å². The fourth-order valence-corrected chi connectivity index (χ4v) is 1.65. The Morgan fingerprint density at radius 3 is 2.33 bits per heavy atom. The molecule has 1 amide bonds. The van der Waals surface area contributed by atoms with Crippen molar-refractivity contribution in [1.29, 1.82) is 0 Å². The highest BCUT2D eigenvalue weighted by atomic mass is 35.5. The summed E-state index contributed by atoms with van der Waals surface area (Å²) >= 11 is 5.43. The van der Waals surface area contributed by atoms with E-state index in [1.54, 1.807) is 0 Å². The van der Waals surface area contributed by atoms with Gasteiger partial charge in [-0.05, 0) is 12.1 Å². The van der Waals surface area contributed by atoms with Crippen molar-refractivity contribution in [2.45, 2.75) is 6.43 Å². The molecule has 0 radical (unpaired) electrons. The summed E-state index contributed by atoms with van der Waals surface area (Å²) in [5, 5.41) is 19.0. The molecule has 0 heterocycles. The van der Waals surface area contributed by atoms with Gasteiger partial charge >= 0.3 is 0 Å². The van der Waals surface area contributed by atoms with Crippen LogP contribution in [0.4, 0.5) is 8.78 Å². The predicted octanol–water partition coefficient (Wildman–Crippen LogP) is 2.04. The predicted molar refractivity (Wildman–Crippen MR) is 62.4 cm³/mol. The number of carbonyl (C=O) groups is 1. The number of aromatic hydroxyl groups is 2. The van der Waals surface area contributed by atoms with Crippen molar-refractivity contribution >= 4 is 17.5 Å². The smallest absolute Gasteiger partial charge is 0.261 e. The molecule has 0 aliphatic rings. The molecule has 7 heteroatoms. The summed E-state index contributed by atoms with van der Waals surface area (Å²) in [6.07, 6.45) is -2.72. The number of amides is 1. The zero-order valence-electron chi connectivity index (χ0n) is 9.31. The number of rotatable bonds is 5. The Morgan fingerprint density at radius 2 is 1.89 bits per heavy atom. The van der Waals surface area contributed by atoms with Crippen LogP contribution in [0.2, 0.25) is 0 Å². The maximum atomic E-state index is 12.3. The van der Waals surface area contributed by atoms with E-state index in [-0.39, 0.29) is 12.4 Å². The molecule has 0 aliphatic carbocycles. The molecule has 0 spiro atoms. The summed E-state index contributed by atoms with van der Waals surface area (Å²) in [6.45, 7) is -0.905. The van der Waals surface area contributed by atoms with Crippen LogP contribution in [-0.4, -0.2) is 46.4 Å². The first-order valence-corrected chi connectivity index (χ1v) is 5.65. The van der Waals surface area contributed by atoms with Gasteiger partial charge in [-0.1, -0.05) is 6.07 Å². The SMILES string of the molecule is O=C(c1c(O)cccc1O)N(CCCl)CC(F)F. The normalized spacial score (nSPS) is 10.7. The molecule has 0 aliphatic heterocycles. The summed E-state index contributed by atoms with van der Waals surface area (Å²) in [7, 11) is 0. The lowest BCUT2D eigenvalue weighted by Crippen LogP contribution is -2.36. The van der Waals surface area contributed by atoms with Crippen molar-refractivity contribution in [3.63, 3.8) is 0 Å². The molecule has 0 fully saturated rings. The van der Waals surface area contributed by atoms with Gasteiger partial charge in [0.2, 0.25) is 0 Å². The van der Waals surface area contributed by atoms with Crippen molar-refractivity contribution in [1.82, 2.24) is 4.90 Å². The Morgan fingerprint density at radius 1 is 1.33 bits per heavy atom. The summed E-state index contributed by atoms with van der Waals surface area (Å²) < 4.78 is 24.6. The third-order valence-electron chi connectivity index (χ3n) is 2.23. The highest BCUT2D eigenvalue weighted by molar-refractivity contribution is 6.18. The molecule has 2 N–H and O–H groups in total. The minimum Gasteiger partial charge on any atom is -0.507 e. The monoisotopic (exact) mass is 279 g/mol. The molecule has 0 saturated heterocycles. The molecule has 0 saturated carbocycles. The van der Waals surface area contributed by atoms with Gasteiger partial charge in [0, 0.05) is 12.4 Å². The summed E-state index contributed by atoms with van der Waals surface area (Å²) in [4.78, 5) is 12.7. The number of benzene rings is 1. The van der Waals surface area contributed by atoms with Crippen molar-refractivity contribution in [3.8, 4) is 11.5 Å².